The van der Waals surface area contributed by atoms with Crippen molar-refractivity contribution in [3.05, 3.63) is 30.3 Å². The van der Waals surface area contributed by atoms with Crippen molar-refractivity contribution >= 4 is 18.4 Å². The summed E-state index contributed by atoms with van der Waals surface area (Å²) in [5, 5.41) is 0. The fraction of sp³-hybridized carbons (Fsp3) is 0.111. The summed E-state index contributed by atoms with van der Waals surface area (Å²) >= 11 is 0. The molecule has 0 fully saturated rings. The fourth-order valence-electron chi connectivity index (χ4n) is 0.916. The number of hydrogen-bond acceptors (Lipinski definition) is 1. The molecule has 1 aromatic rings. The predicted molar refractivity (Wildman–Crippen MR) is 51.0 cm³/mol. The van der Waals surface area contributed by atoms with Gasteiger partial charge in [0.1, 0.15) is 5.69 Å². The molecular weight excluding hydrogens is 150 g/mol. The van der Waals surface area contributed by atoms with Crippen molar-refractivity contribution in [2.45, 2.75) is 0 Å². The lowest BCUT2D eigenvalue weighted by molar-refractivity contribution is -0.290. The predicted octanol–water partition coefficient (Wildman–Crippen LogP) is 0.976. The third kappa shape index (κ3) is 1.92. The van der Waals surface area contributed by atoms with Gasteiger partial charge in [-0.05, 0) is 12.1 Å². The van der Waals surface area contributed by atoms with Gasteiger partial charge in [0.25, 0.3) is 0 Å². The van der Waals surface area contributed by atoms with Crippen molar-refractivity contribution in [2.24, 2.45) is 10.7 Å². The Kier molecular flexibility index (Phi) is 3.02. The SMILES string of the molecule is CN=C[N+](=CN)c1ccccc1. The Labute approximate surface area is 71.9 Å². The molecule has 0 amide bonds. The van der Waals surface area contributed by atoms with Crippen LogP contribution in [0, 0.1) is 0 Å². The first kappa shape index (κ1) is 8.46. The summed E-state index contributed by atoms with van der Waals surface area (Å²) in [4.78, 5) is 3.87. The van der Waals surface area contributed by atoms with E-state index >= 15 is 0 Å². The van der Waals surface area contributed by atoms with E-state index in [0.29, 0.717) is 0 Å². The molecule has 0 aromatic heterocycles. The molecule has 0 unspecified atom stereocenters. The number of hydrogen-bond donors (Lipinski definition) is 1. The van der Waals surface area contributed by atoms with Crippen molar-refractivity contribution in [3.63, 3.8) is 0 Å². The largest absolute Gasteiger partial charge is 0.325 e. The Bertz CT molecular complexity index is 288. The Morgan fingerprint density at radius 1 is 1.33 bits per heavy atom. The molecule has 0 saturated heterocycles. The van der Waals surface area contributed by atoms with Crippen LogP contribution < -0.4 is 5.73 Å². The Hall–Kier alpha value is -1.64. The molecule has 0 spiro atoms. The minimum atomic E-state index is 1.01. The monoisotopic (exact) mass is 162 g/mol. The van der Waals surface area contributed by atoms with E-state index in [2.05, 4.69) is 4.99 Å². The molecule has 3 heteroatoms. The molecule has 2 N–H and O–H groups in total. The number of para-hydroxylation sites is 1. The van der Waals surface area contributed by atoms with E-state index in [9.17, 15) is 0 Å². The first-order valence-electron chi connectivity index (χ1n) is 3.69. The zero-order chi connectivity index (χ0) is 8.81. The van der Waals surface area contributed by atoms with Crippen molar-refractivity contribution in [3.8, 4) is 0 Å². The van der Waals surface area contributed by atoms with E-state index in [4.69, 9.17) is 5.73 Å². The van der Waals surface area contributed by atoms with Gasteiger partial charge < -0.3 is 5.73 Å². The molecule has 0 bridgehead atoms. The average molecular weight is 162 g/mol. The van der Waals surface area contributed by atoms with Crippen LogP contribution in [0.2, 0.25) is 0 Å². The summed E-state index contributed by atoms with van der Waals surface area (Å²) in [6.07, 6.45) is 3.14. The summed E-state index contributed by atoms with van der Waals surface area (Å²) in [7, 11) is 1.71. The van der Waals surface area contributed by atoms with Crippen molar-refractivity contribution in [2.75, 3.05) is 7.05 Å². The summed E-state index contributed by atoms with van der Waals surface area (Å²) in [5.74, 6) is 0. The standard InChI is InChI=1S/C9H11N3/c1-11-8-12(7-10)9-5-3-2-4-6-9/h2-8,10H,1H3/p+1. The summed E-state index contributed by atoms with van der Waals surface area (Å²) in [6.45, 7) is 0. The van der Waals surface area contributed by atoms with Gasteiger partial charge in [0.2, 0.25) is 6.34 Å². The molecular formula is C9H12N3+. The van der Waals surface area contributed by atoms with Gasteiger partial charge in [0.15, 0.2) is 6.34 Å². The van der Waals surface area contributed by atoms with Gasteiger partial charge in [0.05, 0.1) is 7.05 Å². The fourth-order valence-corrected chi connectivity index (χ4v) is 0.916. The lowest BCUT2D eigenvalue weighted by Gasteiger charge is -1.97. The van der Waals surface area contributed by atoms with Crippen LogP contribution in [0.3, 0.4) is 0 Å². The highest BCUT2D eigenvalue weighted by molar-refractivity contribution is 5.60. The molecule has 0 radical (unpaired) electrons. The lowest BCUT2D eigenvalue weighted by atomic mass is 10.3. The van der Waals surface area contributed by atoms with Crippen LogP contribution in [-0.4, -0.2) is 24.3 Å². The topological polar surface area (TPSA) is 41.4 Å². The zero-order valence-electron chi connectivity index (χ0n) is 7.01. The second kappa shape index (κ2) is 4.28. The van der Waals surface area contributed by atoms with Gasteiger partial charge in [0, 0.05) is 0 Å². The molecule has 0 aliphatic carbocycles. The summed E-state index contributed by atoms with van der Waals surface area (Å²) in [6, 6.07) is 9.79. The Morgan fingerprint density at radius 2 is 2.00 bits per heavy atom. The smallest absolute Gasteiger partial charge is 0.223 e. The Morgan fingerprint density at radius 3 is 2.50 bits per heavy atom. The van der Waals surface area contributed by atoms with E-state index < -0.39 is 0 Å². The summed E-state index contributed by atoms with van der Waals surface area (Å²) in [5.41, 5.74) is 6.41. The molecule has 3 nitrogen and oxygen atoms in total. The molecule has 0 saturated carbocycles. The minimum absolute atomic E-state index is 1.01. The number of rotatable bonds is 2. The highest BCUT2D eigenvalue weighted by Gasteiger charge is 1.95. The molecule has 1 rings (SSSR count). The Balaban J connectivity index is 2.97. The van der Waals surface area contributed by atoms with Crippen LogP contribution in [0.4, 0.5) is 5.69 Å². The van der Waals surface area contributed by atoms with E-state index in [0.717, 1.165) is 5.69 Å². The highest BCUT2D eigenvalue weighted by Crippen LogP contribution is 2.06. The van der Waals surface area contributed by atoms with Gasteiger partial charge in [-0.15, -0.1) is 0 Å². The van der Waals surface area contributed by atoms with Gasteiger partial charge in [-0.3, -0.25) is 0 Å². The average Bonchev–Trinajstić information content (AvgIpc) is 2.15. The lowest BCUT2D eigenvalue weighted by Crippen LogP contribution is -2.10. The van der Waals surface area contributed by atoms with Crippen LogP contribution in [-0.2, 0) is 0 Å². The van der Waals surface area contributed by atoms with Crippen molar-refractivity contribution < 1.29 is 4.58 Å². The van der Waals surface area contributed by atoms with Gasteiger partial charge in [-0.25, -0.2) is 4.58 Å². The molecule has 12 heavy (non-hydrogen) atoms. The first-order chi connectivity index (χ1) is 5.88. The second-order valence-electron chi connectivity index (χ2n) is 2.27. The van der Waals surface area contributed by atoms with Crippen LogP contribution >= 0.6 is 0 Å². The van der Waals surface area contributed by atoms with Gasteiger partial charge in [-0.1, -0.05) is 18.2 Å². The summed E-state index contributed by atoms with van der Waals surface area (Å²) < 4.78 is 1.75. The second-order valence-corrected chi connectivity index (χ2v) is 2.27. The third-order valence-electron chi connectivity index (χ3n) is 1.45. The normalized spacial score (nSPS) is 12.2. The van der Waals surface area contributed by atoms with Crippen LogP contribution in [0.15, 0.2) is 35.3 Å². The van der Waals surface area contributed by atoms with Gasteiger partial charge >= 0.3 is 0 Å². The quantitative estimate of drug-likeness (QED) is 0.393. The molecule has 62 valence electrons. The maximum Gasteiger partial charge on any atom is 0.223 e. The van der Waals surface area contributed by atoms with E-state index in [1.54, 1.807) is 18.0 Å². The van der Waals surface area contributed by atoms with E-state index in [-0.39, 0.29) is 0 Å². The molecule has 0 aliphatic rings. The number of nitrogens with zero attached hydrogens (tertiary/aromatic N) is 2. The van der Waals surface area contributed by atoms with E-state index in [1.807, 2.05) is 30.3 Å². The third-order valence-corrected chi connectivity index (χ3v) is 1.45. The molecule has 0 aliphatic heterocycles. The van der Waals surface area contributed by atoms with Crippen molar-refractivity contribution in [1.82, 2.24) is 0 Å². The van der Waals surface area contributed by atoms with E-state index in [1.165, 1.54) is 6.34 Å². The zero-order valence-corrected chi connectivity index (χ0v) is 7.01. The maximum atomic E-state index is 5.40. The molecule has 1 aromatic carbocycles. The number of nitrogens with two attached hydrogens (primary N) is 1. The number of aliphatic imine (C=N–C) groups is 1. The number of benzene rings is 1. The maximum absolute atomic E-state index is 5.40. The van der Waals surface area contributed by atoms with Crippen LogP contribution in [0.25, 0.3) is 0 Å². The van der Waals surface area contributed by atoms with Crippen LogP contribution in [0.1, 0.15) is 0 Å². The minimum Gasteiger partial charge on any atom is -0.325 e. The molecule has 0 atom stereocenters. The molecule has 0 heterocycles. The first-order valence-corrected chi connectivity index (χ1v) is 3.69. The van der Waals surface area contributed by atoms with Crippen LogP contribution in [0.5, 0.6) is 0 Å². The van der Waals surface area contributed by atoms with Gasteiger partial charge in [-0.2, -0.15) is 4.99 Å². The highest BCUT2D eigenvalue weighted by atomic mass is 15.1. The van der Waals surface area contributed by atoms with Crippen molar-refractivity contribution in [1.29, 1.82) is 0 Å².